The van der Waals surface area contributed by atoms with Gasteiger partial charge in [0, 0.05) is 12.6 Å². The van der Waals surface area contributed by atoms with Gasteiger partial charge in [-0.05, 0) is 31.6 Å². The first-order valence-electron chi connectivity index (χ1n) is 5.39. The molecule has 15 heavy (non-hydrogen) atoms. The Morgan fingerprint density at radius 2 is 2.00 bits per heavy atom. The summed E-state index contributed by atoms with van der Waals surface area (Å²) in [4.78, 5) is 11.4. The molecule has 0 aliphatic heterocycles. The van der Waals surface area contributed by atoms with Crippen molar-refractivity contribution in [3.05, 3.63) is 28.2 Å². The number of hydrogen-bond donors (Lipinski definition) is 1. The number of aryl methyl sites for hydroxylation is 2. The molecular weight excluding hydrogens is 208 g/mol. The molecule has 84 valence electrons. The Hall–Kier alpha value is -0.770. The Kier molecular flexibility index (Phi) is 5.47. The summed E-state index contributed by atoms with van der Waals surface area (Å²) >= 11 is 4.15. The van der Waals surface area contributed by atoms with Crippen LogP contribution in [0.5, 0.6) is 0 Å². The monoisotopic (exact) mass is 226 g/mol. The summed E-state index contributed by atoms with van der Waals surface area (Å²) in [5.41, 5.74) is 0.889. The second-order valence-corrected chi connectivity index (χ2v) is 4.12. The lowest BCUT2D eigenvalue weighted by atomic mass is 10.2. The van der Waals surface area contributed by atoms with Crippen molar-refractivity contribution in [3.63, 3.8) is 0 Å². The van der Waals surface area contributed by atoms with Crippen LogP contribution >= 0.6 is 12.6 Å². The average Bonchev–Trinajstić information content (AvgIpc) is 2.23. The molecule has 0 N–H and O–H groups in total. The maximum atomic E-state index is 11.4. The van der Waals surface area contributed by atoms with E-state index in [1.54, 1.807) is 16.8 Å². The molecule has 1 rings (SSSR count). The van der Waals surface area contributed by atoms with Crippen molar-refractivity contribution in [2.75, 3.05) is 5.75 Å². The van der Waals surface area contributed by atoms with Gasteiger partial charge in [0.15, 0.2) is 0 Å². The number of nitrogens with zero attached hydrogens (tertiary/aromatic N) is 2. The Morgan fingerprint density at radius 3 is 2.73 bits per heavy atom. The summed E-state index contributed by atoms with van der Waals surface area (Å²) < 4.78 is 1.55. The fourth-order valence-electron chi connectivity index (χ4n) is 1.44. The third-order valence-electron chi connectivity index (χ3n) is 2.28. The second kappa shape index (κ2) is 6.67. The number of aromatic nitrogens is 2. The highest BCUT2D eigenvalue weighted by atomic mass is 32.1. The molecule has 1 heterocycles. The minimum absolute atomic E-state index is 0.00482. The highest BCUT2D eigenvalue weighted by Crippen LogP contribution is 2.01. The van der Waals surface area contributed by atoms with Gasteiger partial charge in [0.2, 0.25) is 0 Å². The molecule has 1 aromatic heterocycles. The van der Waals surface area contributed by atoms with Crippen LogP contribution in [-0.4, -0.2) is 15.5 Å². The van der Waals surface area contributed by atoms with E-state index in [1.807, 2.05) is 6.92 Å². The van der Waals surface area contributed by atoms with Crippen LogP contribution in [0.1, 0.15) is 31.4 Å². The van der Waals surface area contributed by atoms with Gasteiger partial charge < -0.3 is 0 Å². The molecule has 0 spiro atoms. The van der Waals surface area contributed by atoms with Gasteiger partial charge in [-0.2, -0.15) is 17.7 Å². The third kappa shape index (κ3) is 4.51. The fourth-order valence-corrected chi connectivity index (χ4v) is 1.66. The first-order valence-corrected chi connectivity index (χ1v) is 6.03. The van der Waals surface area contributed by atoms with Gasteiger partial charge >= 0.3 is 0 Å². The van der Waals surface area contributed by atoms with Crippen LogP contribution in [0.4, 0.5) is 0 Å². The molecule has 0 bridgehead atoms. The van der Waals surface area contributed by atoms with Gasteiger partial charge in [-0.3, -0.25) is 4.79 Å². The van der Waals surface area contributed by atoms with E-state index < -0.39 is 0 Å². The molecule has 0 unspecified atom stereocenters. The van der Waals surface area contributed by atoms with Gasteiger partial charge in [-0.1, -0.05) is 12.8 Å². The maximum absolute atomic E-state index is 11.4. The zero-order valence-electron chi connectivity index (χ0n) is 9.15. The van der Waals surface area contributed by atoms with Crippen LogP contribution in [0.25, 0.3) is 0 Å². The number of thiol groups is 1. The summed E-state index contributed by atoms with van der Waals surface area (Å²) in [5.74, 6) is 0.947. The third-order valence-corrected chi connectivity index (χ3v) is 2.59. The average molecular weight is 226 g/mol. The van der Waals surface area contributed by atoms with Crippen molar-refractivity contribution in [1.82, 2.24) is 9.78 Å². The van der Waals surface area contributed by atoms with Crippen molar-refractivity contribution < 1.29 is 0 Å². The molecule has 3 nitrogen and oxygen atoms in total. The summed E-state index contributed by atoms with van der Waals surface area (Å²) in [6.07, 6.45) is 4.50. The molecule has 0 saturated heterocycles. The largest absolute Gasteiger partial charge is 0.268 e. The van der Waals surface area contributed by atoms with Crippen LogP contribution in [0.3, 0.4) is 0 Å². The van der Waals surface area contributed by atoms with Gasteiger partial charge in [0.25, 0.3) is 5.56 Å². The van der Waals surface area contributed by atoms with E-state index in [2.05, 4.69) is 17.7 Å². The lowest BCUT2D eigenvalue weighted by Gasteiger charge is -2.04. The van der Waals surface area contributed by atoms with Crippen molar-refractivity contribution in [3.8, 4) is 0 Å². The van der Waals surface area contributed by atoms with E-state index in [9.17, 15) is 4.79 Å². The summed E-state index contributed by atoms with van der Waals surface area (Å²) in [5, 5.41) is 4.18. The molecule has 0 aliphatic carbocycles. The molecule has 0 aromatic carbocycles. The van der Waals surface area contributed by atoms with Gasteiger partial charge in [0.05, 0.1) is 5.69 Å². The fraction of sp³-hybridized carbons (Fsp3) is 0.636. The Balaban J connectivity index is 2.37. The predicted molar refractivity (Wildman–Crippen MR) is 65.6 cm³/mol. The molecule has 0 aliphatic rings. The quantitative estimate of drug-likeness (QED) is 0.595. The number of rotatable bonds is 6. The van der Waals surface area contributed by atoms with Crippen molar-refractivity contribution >= 4 is 12.6 Å². The normalized spacial score (nSPS) is 10.5. The lowest BCUT2D eigenvalue weighted by Crippen LogP contribution is -2.22. The molecule has 4 heteroatoms. The SMILES string of the molecule is Cc1ccc(=O)n(CCCCCCS)n1. The standard InChI is InChI=1S/C11H18N2OS/c1-10-6-7-11(14)13(12-10)8-4-2-3-5-9-15/h6-7,15H,2-5,8-9H2,1H3. The Labute approximate surface area is 95.9 Å². The minimum Gasteiger partial charge on any atom is -0.268 e. The Morgan fingerprint density at radius 1 is 1.27 bits per heavy atom. The number of hydrogen-bond acceptors (Lipinski definition) is 3. The summed E-state index contributed by atoms with van der Waals surface area (Å²) in [6.45, 7) is 2.63. The highest BCUT2D eigenvalue weighted by molar-refractivity contribution is 7.80. The maximum Gasteiger partial charge on any atom is 0.266 e. The second-order valence-electron chi connectivity index (χ2n) is 3.67. The van der Waals surface area contributed by atoms with E-state index in [0.717, 1.165) is 37.3 Å². The molecular formula is C11H18N2OS. The topological polar surface area (TPSA) is 34.9 Å². The van der Waals surface area contributed by atoms with Gasteiger partial charge in [-0.15, -0.1) is 0 Å². The number of unbranched alkanes of at least 4 members (excludes halogenated alkanes) is 3. The minimum atomic E-state index is -0.00482. The van der Waals surface area contributed by atoms with E-state index in [4.69, 9.17) is 0 Å². The van der Waals surface area contributed by atoms with E-state index >= 15 is 0 Å². The predicted octanol–water partition coefficient (Wildman–Crippen LogP) is 2.04. The smallest absolute Gasteiger partial charge is 0.266 e. The highest BCUT2D eigenvalue weighted by Gasteiger charge is 1.97. The summed E-state index contributed by atoms with van der Waals surface area (Å²) in [6, 6.07) is 3.33. The van der Waals surface area contributed by atoms with E-state index in [-0.39, 0.29) is 5.56 Å². The summed E-state index contributed by atoms with van der Waals surface area (Å²) in [7, 11) is 0. The zero-order chi connectivity index (χ0) is 11.1. The molecule has 0 atom stereocenters. The van der Waals surface area contributed by atoms with Crippen LogP contribution in [0.15, 0.2) is 16.9 Å². The Bertz CT molecular complexity index is 349. The van der Waals surface area contributed by atoms with E-state index in [1.165, 1.54) is 6.42 Å². The van der Waals surface area contributed by atoms with Crippen LogP contribution < -0.4 is 5.56 Å². The molecule has 0 amide bonds. The van der Waals surface area contributed by atoms with Crippen LogP contribution in [0, 0.1) is 6.92 Å². The lowest BCUT2D eigenvalue weighted by molar-refractivity contribution is 0.515. The molecule has 0 saturated carbocycles. The first-order chi connectivity index (χ1) is 7.24. The van der Waals surface area contributed by atoms with Crippen molar-refractivity contribution in [2.45, 2.75) is 39.2 Å². The zero-order valence-corrected chi connectivity index (χ0v) is 10.0. The van der Waals surface area contributed by atoms with Gasteiger partial charge in [0.1, 0.15) is 0 Å². The van der Waals surface area contributed by atoms with Crippen LogP contribution in [-0.2, 0) is 6.54 Å². The van der Waals surface area contributed by atoms with Gasteiger partial charge in [-0.25, -0.2) is 4.68 Å². The molecule has 0 radical (unpaired) electrons. The first kappa shape index (κ1) is 12.3. The van der Waals surface area contributed by atoms with Crippen molar-refractivity contribution in [1.29, 1.82) is 0 Å². The van der Waals surface area contributed by atoms with E-state index in [0.29, 0.717) is 0 Å². The van der Waals surface area contributed by atoms with Crippen LogP contribution in [0.2, 0.25) is 0 Å². The molecule has 0 fully saturated rings. The molecule has 1 aromatic rings. The van der Waals surface area contributed by atoms with Crippen molar-refractivity contribution in [2.24, 2.45) is 0 Å².